The van der Waals surface area contributed by atoms with Crippen molar-refractivity contribution in [2.75, 3.05) is 26.7 Å². The summed E-state index contributed by atoms with van der Waals surface area (Å²) in [4.78, 5) is 2.65. The molecule has 0 saturated carbocycles. The Morgan fingerprint density at radius 2 is 2.06 bits per heavy atom. The van der Waals surface area contributed by atoms with Gasteiger partial charge in [0.2, 0.25) is 0 Å². The lowest BCUT2D eigenvalue weighted by atomic mass is 9.94. The zero-order chi connectivity index (χ0) is 12.0. The van der Waals surface area contributed by atoms with Crippen LogP contribution in [0.2, 0.25) is 0 Å². The van der Waals surface area contributed by atoms with Gasteiger partial charge in [0.05, 0.1) is 0 Å². The first kappa shape index (κ1) is 14.0. The van der Waals surface area contributed by atoms with E-state index in [1.54, 1.807) is 0 Å². The zero-order valence-electron chi connectivity index (χ0n) is 11.6. The van der Waals surface area contributed by atoms with E-state index in [2.05, 4.69) is 38.0 Å². The molecule has 0 amide bonds. The molecule has 1 heterocycles. The van der Waals surface area contributed by atoms with E-state index in [0.29, 0.717) is 0 Å². The van der Waals surface area contributed by atoms with Crippen molar-refractivity contribution in [2.24, 2.45) is 11.8 Å². The van der Waals surface area contributed by atoms with Crippen molar-refractivity contribution in [3.8, 4) is 0 Å². The molecule has 0 spiro atoms. The number of rotatable bonds is 6. The molecule has 2 unspecified atom stereocenters. The van der Waals surface area contributed by atoms with Crippen LogP contribution in [-0.4, -0.2) is 37.6 Å². The summed E-state index contributed by atoms with van der Waals surface area (Å²) in [5, 5.41) is 3.43. The van der Waals surface area contributed by atoms with Crippen molar-refractivity contribution in [3.63, 3.8) is 0 Å². The molecule has 2 heteroatoms. The summed E-state index contributed by atoms with van der Waals surface area (Å²) in [6, 6.07) is 0.743. The summed E-state index contributed by atoms with van der Waals surface area (Å²) in [5.41, 5.74) is 0. The first-order chi connectivity index (χ1) is 7.63. The maximum absolute atomic E-state index is 3.43. The van der Waals surface area contributed by atoms with Crippen LogP contribution < -0.4 is 5.32 Å². The highest BCUT2D eigenvalue weighted by Crippen LogP contribution is 2.17. The molecule has 1 aliphatic heterocycles. The third-order valence-electron chi connectivity index (χ3n) is 3.87. The lowest BCUT2D eigenvalue weighted by molar-refractivity contribution is 0.148. The monoisotopic (exact) mass is 226 g/mol. The number of nitrogens with zero attached hydrogens (tertiary/aromatic N) is 1. The Hall–Kier alpha value is -0.0800. The molecule has 0 aliphatic carbocycles. The van der Waals surface area contributed by atoms with Crippen LogP contribution in [0.15, 0.2) is 0 Å². The van der Waals surface area contributed by atoms with Crippen molar-refractivity contribution in [1.29, 1.82) is 0 Å². The third kappa shape index (κ3) is 4.84. The molecular formula is C14H30N2. The van der Waals surface area contributed by atoms with E-state index in [1.807, 2.05) is 0 Å². The molecule has 1 saturated heterocycles. The smallest absolute Gasteiger partial charge is 0.0114 e. The van der Waals surface area contributed by atoms with Gasteiger partial charge in [0.1, 0.15) is 0 Å². The molecule has 2 nitrogen and oxygen atoms in total. The van der Waals surface area contributed by atoms with Crippen LogP contribution >= 0.6 is 0 Å². The number of hydrogen-bond donors (Lipinski definition) is 1. The summed E-state index contributed by atoms with van der Waals surface area (Å²) in [6.07, 6.45) is 5.50. The van der Waals surface area contributed by atoms with Crippen molar-refractivity contribution < 1.29 is 0 Å². The largest absolute Gasteiger partial charge is 0.317 e. The fourth-order valence-electron chi connectivity index (χ4n) is 2.75. The second-order valence-electron chi connectivity index (χ2n) is 5.85. The Balaban J connectivity index is 2.10. The van der Waals surface area contributed by atoms with Crippen LogP contribution in [-0.2, 0) is 0 Å². The van der Waals surface area contributed by atoms with Crippen molar-refractivity contribution in [3.05, 3.63) is 0 Å². The molecular weight excluding hydrogens is 196 g/mol. The van der Waals surface area contributed by atoms with Gasteiger partial charge in [-0.2, -0.15) is 0 Å². The molecule has 96 valence electrons. The van der Waals surface area contributed by atoms with E-state index in [9.17, 15) is 0 Å². The highest BCUT2D eigenvalue weighted by Gasteiger charge is 2.23. The molecule has 1 N–H and O–H groups in total. The molecule has 16 heavy (non-hydrogen) atoms. The quantitative estimate of drug-likeness (QED) is 0.701. The van der Waals surface area contributed by atoms with Gasteiger partial charge < -0.3 is 10.2 Å². The fourth-order valence-corrected chi connectivity index (χ4v) is 2.75. The van der Waals surface area contributed by atoms with E-state index in [4.69, 9.17) is 0 Å². The Labute approximate surface area is 102 Å². The predicted molar refractivity (Wildman–Crippen MR) is 71.8 cm³/mol. The molecule has 2 atom stereocenters. The minimum Gasteiger partial charge on any atom is -0.317 e. The van der Waals surface area contributed by atoms with Gasteiger partial charge in [-0.1, -0.05) is 33.6 Å². The van der Waals surface area contributed by atoms with E-state index < -0.39 is 0 Å². The van der Waals surface area contributed by atoms with Gasteiger partial charge in [0.15, 0.2) is 0 Å². The minimum atomic E-state index is 0.743. The molecule has 0 radical (unpaired) electrons. The average Bonchev–Trinajstić information content (AvgIpc) is 2.24. The SMILES string of the molecule is CNC1CCN(CCCCC(C)C)CC1C. The van der Waals surface area contributed by atoms with Crippen molar-refractivity contribution >= 4 is 0 Å². The normalized spacial score (nSPS) is 27.6. The summed E-state index contributed by atoms with van der Waals surface area (Å²) < 4.78 is 0. The van der Waals surface area contributed by atoms with Crippen molar-refractivity contribution in [1.82, 2.24) is 10.2 Å². The summed E-state index contributed by atoms with van der Waals surface area (Å²) >= 11 is 0. The second-order valence-corrected chi connectivity index (χ2v) is 5.85. The highest BCUT2D eigenvalue weighted by atomic mass is 15.1. The third-order valence-corrected chi connectivity index (χ3v) is 3.87. The maximum Gasteiger partial charge on any atom is 0.0114 e. The second kappa shape index (κ2) is 7.29. The summed E-state index contributed by atoms with van der Waals surface area (Å²) in [7, 11) is 2.10. The Bertz CT molecular complexity index is 180. The highest BCUT2D eigenvalue weighted by molar-refractivity contribution is 4.81. The van der Waals surface area contributed by atoms with Crippen LogP contribution in [0.1, 0.15) is 46.5 Å². The Morgan fingerprint density at radius 3 is 2.62 bits per heavy atom. The van der Waals surface area contributed by atoms with Gasteiger partial charge in [0.25, 0.3) is 0 Å². The van der Waals surface area contributed by atoms with E-state index in [0.717, 1.165) is 17.9 Å². The van der Waals surface area contributed by atoms with Crippen LogP contribution in [0.3, 0.4) is 0 Å². The van der Waals surface area contributed by atoms with E-state index in [1.165, 1.54) is 45.3 Å². The number of likely N-dealkylation sites (tertiary alicyclic amines) is 1. The van der Waals surface area contributed by atoms with E-state index >= 15 is 0 Å². The van der Waals surface area contributed by atoms with Gasteiger partial charge in [-0.3, -0.25) is 0 Å². The summed E-state index contributed by atoms with van der Waals surface area (Å²) in [5.74, 6) is 1.68. The molecule has 1 fully saturated rings. The molecule has 0 aromatic rings. The molecule has 1 aliphatic rings. The zero-order valence-corrected chi connectivity index (χ0v) is 11.6. The van der Waals surface area contributed by atoms with Crippen LogP contribution in [0.25, 0.3) is 0 Å². The first-order valence-electron chi connectivity index (χ1n) is 7.03. The minimum absolute atomic E-state index is 0.743. The standard InChI is InChI=1S/C14H30N2/c1-12(2)7-5-6-9-16-10-8-14(15-4)13(3)11-16/h12-15H,5-11H2,1-4H3. The number of unbranched alkanes of at least 4 members (excludes halogenated alkanes) is 1. The van der Waals surface area contributed by atoms with Crippen LogP contribution in [0.4, 0.5) is 0 Å². The number of nitrogens with one attached hydrogen (secondary N) is 1. The topological polar surface area (TPSA) is 15.3 Å². The molecule has 0 aromatic carbocycles. The Morgan fingerprint density at radius 1 is 1.31 bits per heavy atom. The van der Waals surface area contributed by atoms with E-state index in [-0.39, 0.29) is 0 Å². The maximum atomic E-state index is 3.43. The van der Waals surface area contributed by atoms with Crippen LogP contribution in [0.5, 0.6) is 0 Å². The molecule has 1 rings (SSSR count). The number of hydrogen-bond acceptors (Lipinski definition) is 2. The van der Waals surface area contributed by atoms with Gasteiger partial charge >= 0.3 is 0 Å². The van der Waals surface area contributed by atoms with Gasteiger partial charge in [-0.05, 0) is 44.8 Å². The molecule has 0 bridgehead atoms. The lowest BCUT2D eigenvalue weighted by Crippen LogP contribution is -2.47. The van der Waals surface area contributed by atoms with Crippen LogP contribution in [0, 0.1) is 11.8 Å². The average molecular weight is 226 g/mol. The fraction of sp³-hybridized carbons (Fsp3) is 1.00. The Kier molecular flexibility index (Phi) is 6.37. The predicted octanol–water partition coefficient (Wildman–Crippen LogP) is 2.74. The molecule has 0 aromatic heterocycles. The van der Waals surface area contributed by atoms with Gasteiger partial charge in [-0.25, -0.2) is 0 Å². The first-order valence-corrected chi connectivity index (χ1v) is 7.03. The van der Waals surface area contributed by atoms with Gasteiger partial charge in [0, 0.05) is 12.6 Å². The summed E-state index contributed by atoms with van der Waals surface area (Å²) in [6.45, 7) is 10.9. The van der Waals surface area contributed by atoms with Gasteiger partial charge in [-0.15, -0.1) is 0 Å². The number of piperidine rings is 1. The van der Waals surface area contributed by atoms with Crippen molar-refractivity contribution in [2.45, 2.75) is 52.5 Å². The lowest BCUT2D eigenvalue weighted by Gasteiger charge is -2.36.